The molecule has 2 unspecified atom stereocenters. The number of ether oxygens (including phenoxy) is 1. The molecular weight excluding hydrogens is 222 g/mol. The minimum atomic E-state index is 0.406. The molecule has 16 heavy (non-hydrogen) atoms. The average Bonchev–Trinajstić information content (AvgIpc) is 2.80. The van der Waals surface area contributed by atoms with Crippen LogP contribution in [0, 0.1) is 5.92 Å². The third kappa shape index (κ3) is 2.97. The highest BCUT2D eigenvalue weighted by Crippen LogP contribution is 2.26. The highest BCUT2D eigenvalue weighted by Gasteiger charge is 2.20. The maximum absolute atomic E-state index is 5.89. The van der Waals surface area contributed by atoms with Crippen LogP contribution in [0.1, 0.15) is 24.4 Å². The van der Waals surface area contributed by atoms with Crippen LogP contribution in [0.3, 0.4) is 0 Å². The van der Waals surface area contributed by atoms with Crippen molar-refractivity contribution in [2.45, 2.75) is 18.9 Å². The van der Waals surface area contributed by atoms with Crippen molar-refractivity contribution in [1.82, 2.24) is 5.32 Å². The van der Waals surface area contributed by atoms with Gasteiger partial charge in [0.05, 0.1) is 0 Å². The summed E-state index contributed by atoms with van der Waals surface area (Å²) >= 11 is 5.89. The van der Waals surface area contributed by atoms with Crippen LogP contribution in [-0.2, 0) is 4.74 Å². The maximum atomic E-state index is 5.89. The molecule has 3 heteroatoms. The first-order valence-electron chi connectivity index (χ1n) is 5.80. The van der Waals surface area contributed by atoms with Crippen molar-refractivity contribution in [1.29, 1.82) is 0 Å². The second-order valence-corrected chi connectivity index (χ2v) is 4.79. The van der Waals surface area contributed by atoms with Gasteiger partial charge in [0.25, 0.3) is 0 Å². The standard InChI is InChI=1S/C13H18ClNO/c1-15-13(8-10-6-7-16-9-10)11-2-4-12(14)5-3-11/h2-5,10,13,15H,6-9H2,1H3. The number of halogens is 1. The molecule has 1 fully saturated rings. The molecular formula is C13H18ClNO. The first-order valence-corrected chi connectivity index (χ1v) is 6.18. The van der Waals surface area contributed by atoms with Crippen molar-refractivity contribution >= 4 is 11.6 Å². The molecule has 0 spiro atoms. The van der Waals surface area contributed by atoms with Gasteiger partial charge < -0.3 is 10.1 Å². The summed E-state index contributed by atoms with van der Waals surface area (Å²) in [6, 6.07) is 8.50. The average molecular weight is 240 g/mol. The van der Waals surface area contributed by atoms with E-state index in [0.29, 0.717) is 12.0 Å². The van der Waals surface area contributed by atoms with Gasteiger partial charge in [-0.15, -0.1) is 0 Å². The van der Waals surface area contributed by atoms with Crippen molar-refractivity contribution in [3.05, 3.63) is 34.9 Å². The number of hydrogen-bond donors (Lipinski definition) is 1. The molecule has 0 aliphatic carbocycles. The summed E-state index contributed by atoms with van der Waals surface area (Å²) in [5.74, 6) is 0.688. The third-order valence-corrected chi connectivity index (χ3v) is 3.47. The normalized spacial score (nSPS) is 22.2. The predicted molar refractivity (Wildman–Crippen MR) is 66.8 cm³/mol. The van der Waals surface area contributed by atoms with E-state index in [1.165, 1.54) is 12.0 Å². The van der Waals surface area contributed by atoms with Gasteiger partial charge in [0.1, 0.15) is 0 Å². The second kappa shape index (κ2) is 5.67. The van der Waals surface area contributed by atoms with E-state index in [2.05, 4.69) is 17.4 Å². The van der Waals surface area contributed by atoms with Crippen molar-refractivity contribution in [3.8, 4) is 0 Å². The fourth-order valence-corrected chi connectivity index (χ4v) is 2.34. The lowest BCUT2D eigenvalue weighted by molar-refractivity contribution is 0.181. The monoisotopic (exact) mass is 239 g/mol. The summed E-state index contributed by atoms with van der Waals surface area (Å²) in [5.41, 5.74) is 1.30. The lowest BCUT2D eigenvalue weighted by atomic mass is 9.94. The minimum Gasteiger partial charge on any atom is -0.381 e. The Bertz CT molecular complexity index is 319. The summed E-state index contributed by atoms with van der Waals surface area (Å²) in [5, 5.41) is 4.16. The first kappa shape index (κ1) is 11.9. The van der Waals surface area contributed by atoms with E-state index in [0.717, 1.165) is 24.7 Å². The Morgan fingerprint density at radius 2 is 2.19 bits per heavy atom. The molecule has 1 heterocycles. The largest absolute Gasteiger partial charge is 0.381 e. The Morgan fingerprint density at radius 1 is 1.44 bits per heavy atom. The van der Waals surface area contributed by atoms with Gasteiger partial charge in [-0.3, -0.25) is 0 Å². The maximum Gasteiger partial charge on any atom is 0.0495 e. The second-order valence-electron chi connectivity index (χ2n) is 4.36. The van der Waals surface area contributed by atoms with Gasteiger partial charge >= 0.3 is 0 Å². The Hall–Kier alpha value is -0.570. The molecule has 1 N–H and O–H groups in total. The molecule has 2 nitrogen and oxygen atoms in total. The van der Waals surface area contributed by atoms with E-state index in [1.54, 1.807) is 0 Å². The zero-order valence-electron chi connectivity index (χ0n) is 9.58. The third-order valence-electron chi connectivity index (χ3n) is 3.21. The highest BCUT2D eigenvalue weighted by atomic mass is 35.5. The first-order chi connectivity index (χ1) is 7.79. The zero-order valence-corrected chi connectivity index (χ0v) is 10.3. The summed E-state index contributed by atoms with van der Waals surface area (Å²) in [4.78, 5) is 0. The summed E-state index contributed by atoms with van der Waals surface area (Å²) in [6.45, 7) is 1.83. The Morgan fingerprint density at radius 3 is 2.75 bits per heavy atom. The van der Waals surface area contributed by atoms with Gasteiger partial charge in [-0.25, -0.2) is 0 Å². The van der Waals surface area contributed by atoms with Gasteiger partial charge in [-0.1, -0.05) is 23.7 Å². The van der Waals surface area contributed by atoms with Crippen molar-refractivity contribution < 1.29 is 4.74 Å². The number of rotatable bonds is 4. The van der Waals surface area contributed by atoms with Gasteiger partial charge in [0.15, 0.2) is 0 Å². The lowest BCUT2D eigenvalue weighted by Gasteiger charge is -2.19. The number of hydrogen-bond acceptors (Lipinski definition) is 2. The molecule has 1 aliphatic heterocycles. The van der Waals surface area contributed by atoms with Crippen LogP contribution in [0.4, 0.5) is 0 Å². The van der Waals surface area contributed by atoms with Crippen LogP contribution in [0.25, 0.3) is 0 Å². The molecule has 1 aromatic rings. The van der Waals surface area contributed by atoms with Crippen molar-refractivity contribution in [2.24, 2.45) is 5.92 Å². The molecule has 0 aromatic heterocycles. The van der Waals surface area contributed by atoms with Crippen LogP contribution in [0.2, 0.25) is 5.02 Å². The van der Waals surface area contributed by atoms with Crippen LogP contribution >= 0.6 is 11.6 Å². The Kier molecular flexibility index (Phi) is 4.22. The Balaban J connectivity index is 2.00. The van der Waals surface area contributed by atoms with E-state index >= 15 is 0 Å². The molecule has 1 aromatic carbocycles. The van der Waals surface area contributed by atoms with E-state index < -0.39 is 0 Å². The van der Waals surface area contributed by atoms with E-state index in [4.69, 9.17) is 16.3 Å². The van der Waals surface area contributed by atoms with Gasteiger partial charge in [-0.05, 0) is 43.5 Å². The van der Waals surface area contributed by atoms with Crippen LogP contribution in [-0.4, -0.2) is 20.3 Å². The molecule has 0 saturated carbocycles. The summed E-state index contributed by atoms with van der Waals surface area (Å²) in [6.07, 6.45) is 2.32. The molecule has 1 saturated heterocycles. The Labute approximate surface area is 102 Å². The fraction of sp³-hybridized carbons (Fsp3) is 0.538. The molecule has 1 aliphatic rings. The van der Waals surface area contributed by atoms with Crippen LogP contribution in [0.15, 0.2) is 24.3 Å². The zero-order chi connectivity index (χ0) is 11.4. The molecule has 2 atom stereocenters. The SMILES string of the molecule is CNC(CC1CCOC1)c1ccc(Cl)cc1. The number of benzene rings is 1. The smallest absolute Gasteiger partial charge is 0.0495 e. The van der Waals surface area contributed by atoms with Gasteiger partial charge in [0.2, 0.25) is 0 Å². The molecule has 0 amide bonds. The fourth-order valence-electron chi connectivity index (χ4n) is 2.22. The van der Waals surface area contributed by atoms with E-state index in [9.17, 15) is 0 Å². The van der Waals surface area contributed by atoms with Crippen LogP contribution < -0.4 is 5.32 Å². The lowest BCUT2D eigenvalue weighted by Crippen LogP contribution is -2.20. The summed E-state index contributed by atoms with van der Waals surface area (Å²) < 4.78 is 5.41. The van der Waals surface area contributed by atoms with Gasteiger partial charge in [0, 0.05) is 24.3 Å². The summed E-state index contributed by atoms with van der Waals surface area (Å²) in [7, 11) is 2.01. The van der Waals surface area contributed by atoms with Crippen molar-refractivity contribution in [2.75, 3.05) is 20.3 Å². The number of nitrogens with one attached hydrogen (secondary N) is 1. The molecule has 88 valence electrons. The molecule has 0 radical (unpaired) electrons. The minimum absolute atomic E-state index is 0.406. The topological polar surface area (TPSA) is 21.3 Å². The quantitative estimate of drug-likeness (QED) is 0.872. The van der Waals surface area contributed by atoms with Crippen molar-refractivity contribution in [3.63, 3.8) is 0 Å². The molecule has 2 rings (SSSR count). The van der Waals surface area contributed by atoms with E-state index in [-0.39, 0.29) is 0 Å². The van der Waals surface area contributed by atoms with Crippen LogP contribution in [0.5, 0.6) is 0 Å². The van der Waals surface area contributed by atoms with E-state index in [1.807, 2.05) is 19.2 Å². The predicted octanol–water partition coefficient (Wildman–Crippen LogP) is 3.03. The van der Waals surface area contributed by atoms with Gasteiger partial charge in [-0.2, -0.15) is 0 Å². The highest BCUT2D eigenvalue weighted by molar-refractivity contribution is 6.30. The molecule has 0 bridgehead atoms.